The largest absolute Gasteiger partial charge is 0.282 e. The number of benzene rings is 1. The average Bonchev–Trinajstić information content (AvgIpc) is 2.80. The Morgan fingerprint density at radius 1 is 1.26 bits per heavy atom. The molecule has 2 aromatic rings. The summed E-state index contributed by atoms with van der Waals surface area (Å²) in [6, 6.07) is 6.93. The molecule has 1 saturated heterocycles. The Bertz CT molecular complexity index is 857. The molecule has 1 aromatic carbocycles. The third kappa shape index (κ3) is 1.58. The molecule has 2 aliphatic rings. The third-order valence-electron chi connectivity index (χ3n) is 3.64. The number of thioether (sulfide) groups is 1. The fourth-order valence-corrected chi connectivity index (χ4v) is 6.69. The molecule has 0 radical (unpaired) electrons. The molecule has 0 amide bonds. The van der Waals surface area contributed by atoms with E-state index in [1.807, 2.05) is 12.1 Å². The van der Waals surface area contributed by atoms with E-state index in [1.165, 1.54) is 11.8 Å². The van der Waals surface area contributed by atoms with Crippen LogP contribution in [-0.4, -0.2) is 34.7 Å². The Balaban J connectivity index is 2.01. The number of nitrogens with zero attached hydrogens (tertiary/aromatic N) is 2. The van der Waals surface area contributed by atoms with Crippen molar-refractivity contribution in [2.75, 3.05) is 11.5 Å². The number of hydrogen-bond acceptors (Lipinski definition) is 5. The van der Waals surface area contributed by atoms with Crippen molar-refractivity contribution in [3.63, 3.8) is 0 Å². The van der Waals surface area contributed by atoms with Crippen LogP contribution in [-0.2, 0) is 9.84 Å². The van der Waals surface area contributed by atoms with E-state index < -0.39 is 9.84 Å². The molecule has 0 bridgehead atoms. The Labute approximate surface area is 113 Å². The van der Waals surface area contributed by atoms with E-state index in [9.17, 15) is 13.2 Å². The fourth-order valence-electron chi connectivity index (χ4n) is 2.79. The van der Waals surface area contributed by atoms with Crippen LogP contribution in [0.4, 0.5) is 0 Å². The van der Waals surface area contributed by atoms with Crippen molar-refractivity contribution < 1.29 is 8.42 Å². The maximum Gasteiger partial charge on any atom is 0.262 e. The molecule has 4 rings (SSSR count). The Kier molecular flexibility index (Phi) is 2.18. The highest BCUT2D eigenvalue weighted by atomic mass is 32.2. The number of sulfone groups is 1. The summed E-state index contributed by atoms with van der Waals surface area (Å²) in [5.74, 6) is 0.194. The average molecular weight is 294 g/mol. The lowest BCUT2D eigenvalue weighted by molar-refractivity contribution is 0.524. The minimum atomic E-state index is -3.03. The molecule has 0 unspecified atom stereocenters. The second-order valence-corrected chi connectivity index (χ2v) is 8.25. The number of rotatable bonds is 0. The number of fused-ring (bicyclic) bond motifs is 4. The van der Waals surface area contributed by atoms with Crippen molar-refractivity contribution in [2.24, 2.45) is 0 Å². The van der Waals surface area contributed by atoms with Crippen LogP contribution >= 0.6 is 11.8 Å². The van der Waals surface area contributed by atoms with Crippen LogP contribution in [0.25, 0.3) is 10.9 Å². The van der Waals surface area contributed by atoms with E-state index >= 15 is 0 Å². The highest BCUT2D eigenvalue weighted by molar-refractivity contribution is 8.02. The first-order chi connectivity index (χ1) is 9.05. The monoisotopic (exact) mass is 294 g/mol. The Hall–Kier alpha value is -1.34. The van der Waals surface area contributed by atoms with Crippen molar-refractivity contribution in [3.8, 4) is 0 Å². The molecule has 5 nitrogen and oxygen atoms in total. The first kappa shape index (κ1) is 11.5. The highest BCUT2D eigenvalue weighted by Gasteiger charge is 2.45. The van der Waals surface area contributed by atoms with Crippen LogP contribution in [0.15, 0.2) is 34.2 Å². The quantitative estimate of drug-likeness (QED) is 0.674. The van der Waals surface area contributed by atoms with Gasteiger partial charge in [0.15, 0.2) is 15.0 Å². The Morgan fingerprint density at radius 2 is 2.05 bits per heavy atom. The summed E-state index contributed by atoms with van der Waals surface area (Å²) in [6.45, 7) is 0. The highest BCUT2D eigenvalue weighted by Crippen LogP contribution is 2.43. The van der Waals surface area contributed by atoms with Gasteiger partial charge in [0.25, 0.3) is 5.56 Å². The van der Waals surface area contributed by atoms with Crippen molar-refractivity contribution >= 4 is 32.5 Å². The summed E-state index contributed by atoms with van der Waals surface area (Å²) in [6.07, 6.45) is 0. The van der Waals surface area contributed by atoms with Gasteiger partial charge >= 0.3 is 0 Å². The molecule has 0 N–H and O–H groups in total. The summed E-state index contributed by atoms with van der Waals surface area (Å²) in [7, 11) is -3.03. The molecule has 0 saturated carbocycles. The van der Waals surface area contributed by atoms with Crippen LogP contribution < -0.4 is 5.56 Å². The molecule has 0 spiro atoms. The molecule has 98 valence electrons. The second kappa shape index (κ2) is 3.61. The number of para-hydroxylation sites is 1. The normalized spacial score (nSPS) is 27.4. The van der Waals surface area contributed by atoms with E-state index in [4.69, 9.17) is 0 Å². The molecule has 3 heterocycles. The molecule has 7 heteroatoms. The van der Waals surface area contributed by atoms with Gasteiger partial charge in [-0.05, 0) is 12.1 Å². The van der Waals surface area contributed by atoms with Crippen LogP contribution in [0.2, 0.25) is 0 Å². The van der Waals surface area contributed by atoms with Crippen molar-refractivity contribution in [1.82, 2.24) is 9.55 Å². The summed E-state index contributed by atoms with van der Waals surface area (Å²) < 4.78 is 24.9. The summed E-state index contributed by atoms with van der Waals surface area (Å²) in [5, 5.41) is 1.13. The van der Waals surface area contributed by atoms with Gasteiger partial charge in [0.1, 0.15) is 0 Å². The fraction of sp³-hybridized carbons (Fsp3) is 0.333. The zero-order chi connectivity index (χ0) is 13.2. The standard InChI is InChI=1S/C12H10N2O3S2/c15-11-7-3-1-2-4-8(7)13-12-14(11)9-5-19(16,17)6-10(9)18-12/h1-4,9-10H,5-6H2/t9-,10-/m0/s1. The lowest BCUT2D eigenvalue weighted by Gasteiger charge is -2.10. The molecule has 2 atom stereocenters. The molecule has 2 aliphatic heterocycles. The van der Waals surface area contributed by atoms with Crippen LogP contribution in [0.3, 0.4) is 0 Å². The maximum atomic E-state index is 12.5. The molecule has 0 aliphatic carbocycles. The van der Waals surface area contributed by atoms with Crippen LogP contribution in [0, 0.1) is 0 Å². The lowest BCUT2D eigenvalue weighted by atomic mass is 10.2. The zero-order valence-corrected chi connectivity index (χ0v) is 11.4. The third-order valence-corrected chi connectivity index (χ3v) is 6.85. The van der Waals surface area contributed by atoms with Crippen LogP contribution in [0.1, 0.15) is 6.04 Å². The van der Waals surface area contributed by atoms with Crippen LogP contribution in [0.5, 0.6) is 0 Å². The summed E-state index contributed by atoms with van der Waals surface area (Å²) in [4.78, 5) is 17.0. The second-order valence-electron chi connectivity index (χ2n) is 4.89. The van der Waals surface area contributed by atoms with Gasteiger partial charge < -0.3 is 0 Å². The van der Waals surface area contributed by atoms with Gasteiger partial charge in [0.2, 0.25) is 0 Å². The van der Waals surface area contributed by atoms with Gasteiger partial charge in [-0.3, -0.25) is 9.36 Å². The van der Waals surface area contributed by atoms with E-state index in [-0.39, 0.29) is 28.4 Å². The van der Waals surface area contributed by atoms with E-state index in [0.29, 0.717) is 16.1 Å². The Morgan fingerprint density at radius 3 is 2.89 bits per heavy atom. The predicted molar refractivity (Wildman–Crippen MR) is 73.3 cm³/mol. The van der Waals surface area contributed by atoms with E-state index in [1.54, 1.807) is 16.7 Å². The SMILES string of the molecule is O=c1c2ccccc2nc2n1[C@H]1CS(=O)(=O)C[C@@H]1S2. The summed E-state index contributed by atoms with van der Waals surface area (Å²) in [5.41, 5.74) is 0.548. The van der Waals surface area contributed by atoms with Crippen molar-refractivity contribution in [2.45, 2.75) is 16.4 Å². The summed E-state index contributed by atoms with van der Waals surface area (Å²) >= 11 is 1.41. The van der Waals surface area contributed by atoms with E-state index in [2.05, 4.69) is 4.98 Å². The van der Waals surface area contributed by atoms with Gasteiger partial charge in [0, 0.05) is 5.25 Å². The minimum Gasteiger partial charge on any atom is -0.282 e. The first-order valence-corrected chi connectivity index (χ1v) is 8.64. The molecule has 1 fully saturated rings. The number of aromatic nitrogens is 2. The van der Waals surface area contributed by atoms with Crippen molar-refractivity contribution in [3.05, 3.63) is 34.6 Å². The van der Waals surface area contributed by atoms with Gasteiger partial charge in [-0.25, -0.2) is 13.4 Å². The maximum absolute atomic E-state index is 12.5. The van der Waals surface area contributed by atoms with Crippen molar-refractivity contribution in [1.29, 1.82) is 0 Å². The number of hydrogen-bond donors (Lipinski definition) is 0. The topological polar surface area (TPSA) is 69.0 Å². The zero-order valence-electron chi connectivity index (χ0n) is 9.81. The van der Waals surface area contributed by atoms with Gasteiger partial charge in [-0.15, -0.1) is 0 Å². The smallest absolute Gasteiger partial charge is 0.262 e. The predicted octanol–water partition coefficient (Wildman–Crippen LogP) is 0.840. The molecule has 1 aromatic heterocycles. The van der Waals surface area contributed by atoms with Gasteiger partial charge in [0.05, 0.1) is 28.5 Å². The van der Waals surface area contributed by atoms with Gasteiger partial charge in [-0.1, -0.05) is 23.9 Å². The van der Waals surface area contributed by atoms with E-state index in [0.717, 1.165) is 0 Å². The first-order valence-electron chi connectivity index (χ1n) is 5.93. The molecular weight excluding hydrogens is 284 g/mol. The minimum absolute atomic E-state index is 0.0532. The molecule has 19 heavy (non-hydrogen) atoms. The lowest BCUT2D eigenvalue weighted by Crippen LogP contribution is -2.27. The van der Waals surface area contributed by atoms with Gasteiger partial charge in [-0.2, -0.15) is 0 Å². The molecular formula is C12H10N2O3S2.